The summed E-state index contributed by atoms with van der Waals surface area (Å²) in [5.74, 6) is -0.198. The topological polar surface area (TPSA) is 66.9 Å². The van der Waals surface area contributed by atoms with Crippen molar-refractivity contribution in [2.45, 2.75) is 18.4 Å². The van der Waals surface area contributed by atoms with Crippen LogP contribution in [0.1, 0.15) is 22.8 Å². The Morgan fingerprint density at radius 2 is 1.73 bits per heavy atom. The molecule has 2 rings (SSSR count). The van der Waals surface area contributed by atoms with Crippen LogP contribution in [-0.2, 0) is 21.4 Å². The summed E-state index contributed by atoms with van der Waals surface area (Å²) in [5.41, 5.74) is 1.25. The third-order valence-corrected chi connectivity index (χ3v) is 6.05. The summed E-state index contributed by atoms with van der Waals surface area (Å²) < 4.78 is 25.2. The normalized spacial score (nSPS) is 11.6. The van der Waals surface area contributed by atoms with Crippen LogP contribution < -0.4 is 0 Å². The van der Waals surface area contributed by atoms with Crippen LogP contribution >= 0.6 is 11.6 Å². The molecule has 0 saturated carbocycles. The van der Waals surface area contributed by atoms with Crippen molar-refractivity contribution in [3.05, 3.63) is 64.7 Å². The highest BCUT2D eigenvalue weighted by Gasteiger charge is 2.22. The fourth-order valence-electron chi connectivity index (χ4n) is 2.36. The highest BCUT2D eigenvalue weighted by molar-refractivity contribution is 7.89. The molecule has 0 heterocycles. The van der Waals surface area contributed by atoms with Gasteiger partial charge in [0.05, 0.1) is 12.0 Å². The van der Waals surface area contributed by atoms with Crippen molar-refractivity contribution in [3.63, 3.8) is 0 Å². The van der Waals surface area contributed by atoms with Crippen molar-refractivity contribution >= 4 is 27.5 Å². The third-order valence-electron chi connectivity index (χ3n) is 3.98. The van der Waals surface area contributed by atoms with E-state index >= 15 is 0 Å². The average molecular weight is 397 g/mol. The van der Waals surface area contributed by atoms with Gasteiger partial charge in [0.2, 0.25) is 0 Å². The van der Waals surface area contributed by atoms with E-state index in [1.165, 1.54) is 38.4 Å². The zero-order valence-corrected chi connectivity index (χ0v) is 16.4. The molecule has 0 radical (unpaired) electrons. The minimum Gasteiger partial charge on any atom is -0.335 e. The maximum absolute atomic E-state index is 12.7. The van der Waals surface area contributed by atoms with E-state index in [1.54, 1.807) is 11.0 Å². The van der Waals surface area contributed by atoms with Gasteiger partial charge in [-0.1, -0.05) is 34.3 Å². The number of carbonyl (C=O) groups excluding carboxylic acids is 1. The fourth-order valence-corrected chi connectivity index (χ4v) is 3.53. The standard InChI is InChI=1S/C18H21ClN2O4S/c1-4-21(13-15-7-5-6-8-17(15)19)18(22)14-9-11-16(12-10-14)26(23,24)20(2)25-3/h5-12H,4,13H2,1-3H3. The van der Waals surface area contributed by atoms with Crippen molar-refractivity contribution in [1.29, 1.82) is 0 Å². The summed E-state index contributed by atoms with van der Waals surface area (Å²) in [6, 6.07) is 13.1. The molecule has 26 heavy (non-hydrogen) atoms. The fraction of sp³-hybridized carbons (Fsp3) is 0.278. The van der Waals surface area contributed by atoms with E-state index in [-0.39, 0.29) is 10.8 Å². The zero-order valence-electron chi connectivity index (χ0n) is 14.8. The van der Waals surface area contributed by atoms with Crippen LogP contribution in [0, 0.1) is 0 Å². The Balaban J connectivity index is 2.22. The number of benzene rings is 2. The molecule has 0 spiro atoms. The lowest BCUT2D eigenvalue weighted by atomic mass is 10.1. The van der Waals surface area contributed by atoms with E-state index in [0.717, 1.165) is 10.0 Å². The van der Waals surface area contributed by atoms with Crippen LogP contribution in [0.4, 0.5) is 0 Å². The molecule has 0 unspecified atom stereocenters. The van der Waals surface area contributed by atoms with Gasteiger partial charge in [0.15, 0.2) is 0 Å². The first kappa shape index (κ1) is 20.4. The highest BCUT2D eigenvalue weighted by Crippen LogP contribution is 2.20. The first-order valence-electron chi connectivity index (χ1n) is 7.97. The third kappa shape index (κ3) is 4.42. The van der Waals surface area contributed by atoms with Crippen LogP contribution in [-0.4, -0.2) is 44.4 Å². The molecule has 0 fully saturated rings. The molecular formula is C18H21ClN2O4S. The van der Waals surface area contributed by atoms with Gasteiger partial charge in [-0.25, -0.2) is 8.42 Å². The zero-order chi connectivity index (χ0) is 19.3. The molecule has 0 aromatic heterocycles. The van der Waals surface area contributed by atoms with Crippen molar-refractivity contribution in [3.8, 4) is 0 Å². The monoisotopic (exact) mass is 396 g/mol. The van der Waals surface area contributed by atoms with Gasteiger partial charge in [-0.3, -0.25) is 9.63 Å². The SMILES string of the molecule is CCN(Cc1ccccc1Cl)C(=O)c1ccc(S(=O)(=O)N(C)OC)cc1. The molecule has 6 nitrogen and oxygen atoms in total. The number of sulfonamides is 1. The minimum atomic E-state index is -3.74. The Bertz CT molecular complexity index is 869. The lowest BCUT2D eigenvalue weighted by Gasteiger charge is -2.22. The second kappa shape index (κ2) is 8.64. The number of nitrogens with zero attached hydrogens (tertiary/aromatic N) is 2. The molecule has 0 aliphatic rings. The van der Waals surface area contributed by atoms with Crippen molar-refractivity contribution < 1.29 is 18.0 Å². The molecule has 140 valence electrons. The van der Waals surface area contributed by atoms with Gasteiger partial charge in [0.25, 0.3) is 15.9 Å². The van der Waals surface area contributed by atoms with E-state index in [9.17, 15) is 13.2 Å². The van der Waals surface area contributed by atoms with Gasteiger partial charge in [0, 0.05) is 30.7 Å². The number of rotatable bonds is 7. The lowest BCUT2D eigenvalue weighted by Crippen LogP contribution is -2.30. The summed E-state index contributed by atoms with van der Waals surface area (Å²) in [7, 11) is -1.17. The van der Waals surface area contributed by atoms with E-state index < -0.39 is 10.0 Å². The quantitative estimate of drug-likeness (QED) is 0.674. The second-order valence-electron chi connectivity index (χ2n) is 5.53. The van der Waals surface area contributed by atoms with Crippen molar-refractivity contribution in [2.75, 3.05) is 20.7 Å². The number of amides is 1. The van der Waals surface area contributed by atoms with Gasteiger partial charge >= 0.3 is 0 Å². The molecule has 1 amide bonds. The number of hydroxylamine groups is 1. The Hall–Kier alpha value is -1.93. The predicted molar refractivity (Wildman–Crippen MR) is 100 cm³/mol. The molecule has 0 saturated heterocycles. The van der Waals surface area contributed by atoms with E-state index in [0.29, 0.717) is 23.7 Å². The predicted octanol–water partition coefficient (Wildman–Crippen LogP) is 3.18. The number of hydrogen-bond acceptors (Lipinski definition) is 4. The lowest BCUT2D eigenvalue weighted by molar-refractivity contribution is -0.0258. The second-order valence-corrected chi connectivity index (χ2v) is 7.88. The van der Waals surface area contributed by atoms with Crippen molar-refractivity contribution in [1.82, 2.24) is 9.37 Å². The molecule has 0 bridgehead atoms. The van der Waals surface area contributed by atoms with Gasteiger partial charge in [-0.05, 0) is 42.8 Å². The first-order valence-corrected chi connectivity index (χ1v) is 9.78. The van der Waals surface area contributed by atoms with E-state index in [2.05, 4.69) is 0 Å². The van der Waals surface area contributed by atoms with Gasteiger partial charge in [0.1, 0.15) is 0 Å². The van der Waals surface area contributed by atoms with Crippen LogP contribution in [0.25, 0.3) is 0 Å². The van der Waals surface area contributed by atoms with Crippen LogP contribution in [0.2, 0.25) is 5.02 Å². The molecule has 0 N–H and O–H groups in total. The molecule has 2 aromatic carbocycles. The van der Waals surface area contributed by atoms with Gasteiger partial charge < -0.3 is 4.90 Å². The highest BCUT2D eigenvalue weighted by atomic mass is 35.5. The smallest absolute Gasteiger partial charge is 0.264 e. The summed E-state index contributed by atoms with van der Waals surface area (Å²) in [4.78, 5) is 19.2. The largest absolute Gasteiger partial charge is 0.335 e. The van der Waals surface area contributed by atoms with Crippen LogP contribution in [0.5, 0.6) is 0 Å². The summed E-state index contributed by atoms with van der Waals surface area (Å²) >= 11 is 6.17. The molecule has 0 aliphatic heterocycles. The molecule has 0 aliphatic carbocycles. The van der Waals surface area contributed by atoms with Crippen molar-refractivity contribution in [2.24, 2.45) is 0 Å². The first-order chi connectivity index (χ1) is 12.3. The number of halogens is 1. The summed E-state index contributed by atoms with van der Waals surface area (Å²) in [6.07, 6.45) is 0. The Morgan fingerprint density at radius 1 is 1.12 bits per heavy atom. The maximum atomic E-state index is 12.7. The molecule has 2 aromatic rings. The molecule has 8 heteroatoms. The average Bonchev–Trinajstić information content (AvgIpc) is 2.66. The van der Waals surface area contributed by atoms with Gasteiger partial charge in [-0.15, -0.1) is 0 Å². The molecule has 0 atom stereocenters. The Kier molecular flexibility index (Phi) is 6.77. The Labute approximate surface area is 158 Å². The summed E-state index contributed by atoms with van der Waals surface area (Å²) in [5, 5.41) is 0.600. The number of hydrogen-bond donors (Lipinski definition) is 0. The maximum Gasteiger partial charge on any atom is 0.264 e. The number of carbonyl (C=O) groups is 1. The molecular weight excluding hydrogens is 376 g/mol. The Morgan fingerprint density at radius 3 is 2.27 bits per heavy atom. The van der Waals surface area contributed by atoms with Gasteiger partial charge in [-0.2, -0.15) is 0 Å². The van der Waals surface area contributed by atoms with Crippen LogP contribution in [0.3, 0.4) is 0 Å². The van der Waals surface area contributed by atoms with E-state index in [4.69, 9.17) is 16.4 Å². The minimum absolute atomic E-state index is 0.0487. The van der Waals surface area contributed by atoms with Crippen LogP contribution in [0.15, 0.2) is 53.4 Å². The van der Waals surface area contributed by atoms with E-state index in [1.807, 2.05) is 25.1 Å². The summed E-state index contributed by atoms with van der Waals surface area (Å²) in [6.45, 7) is 2.75.